The normalized spacial score (nSPS) is 11.9. The van der Waals surface area contributed by atoms with E-state index in [-0.39, 0.29) is 5.91 Å². The molecule has 0 spiro atoms. The summed E-state index contributed by atoms with van der Waals surface area (Å²) in [5, 5.41) is 11.9. The van der Waals surface area contributed by atoms with E-state index in [1.165, 1.54) is 23.1 Å². The van der Waals surface area contributed by atoms with Crippen LogP contribution >= 0.6 is 23.1 Å². The van der Waals surface area contributed by atoms with E-state index in [1.807, 2.05) is 30.3 Å². The third-order valence-corrected chi connectivity index (χ3v) is 5.12. The van der Waals surface area contributed by atoms with Crippen LogP contribution in [0.5, 0.6) is 0 Å². The van der Waals surface area contributed by atoms with Gasteiger partial charge in [-0.2, -0.15) is 0 Å². The lowest BCUT2D eigenvalue weighted by molar-refractivity contribution is -0.115. The van der Waals surface area contributed by atoms with Crippen LogP contribution in [0.2, 0.25) is 0 Å². The highest BCUT2D eigenvalue weighted by Gasteiger charge is 2.20. The fraction of sp³-hybridized carbons (Fsp3) is 0.125. The highest BCUT2D eigenvalue weighted by Crippen LogP contribution is 2.26. The number of hydrogen-bond acceptors (Lipinski definition) is 6. The van der Waals surface area contributed by atoms with Crippen molar-refractivity contribution < 1.29 is 9.59 Å². The minimum Gasteiger partial charge on any atom is -0.366 e. The summed E-state index contributed by atoms with van der Waals surface area (Å²) in [6, 6.07) is 11.2. The van der Waals surface area contributed by atoms with Gasteiger partial charge in [0.15, 0.2) is 5.82 Å². The van der Waals surface area contributed by atoms with E-state index in [0.29, 0.717) is 21.5 Å². The predicted molar refractivity (Wildman–Crippen MR) is 98.6 cm³/mol. The standard InChI is InChI=1S/C16H15N5O2S2/c1-9(14(23)19-15-11(12(17)22)7-8-24-15)25-16-18-13(20-21-16)10-5-3-2-4-6-10/h2-9H,1H3,(H2,17,22)(H,19,23)(H,18,20,21)/t9-/m0/s1. The molecule has 3 aromatic rings. The molecular formula is C16H15N5O2S2. The lowest BCUT2D eigenvalue weighted by Gasteiger charge is -2.09. The monoisotopic (exact) mass is 373 g/mol. The molecule has 0 aliphatic heterocycles. The number of carbonyl (C=O) groups excluding carboxylic acids is 2. The highest BCUT2D eigenvalue weighted by atomic mass is 32.2. The Morgan fingerprint density at radius 3 is 2.76 bits per heavy atom. The van der Waals surface area contributed by atoms with Gasteiger partial charge < -0.3 is 11.1 Å². The van der Waals surface area contributed by atoms with Crippen molar-refractivity contribution >= 4 is 39.9 Å². The van der Waals surface area contributed by atoms with E-state index in [0.717, 1.165) is 5.56 Å². The van der Waals surface area contributed by atoms with E-state index in [4.69, 9.17) is 5.73 Å². The maximum Gasteiger partial charge on any atom is 0.251 e. The Kier molecular flexibility index (Phi) is 5.15. The molecular weight excluding hydrogens is 358 g/mol. The number of rotatable bonds is 6. The zero-order valence-corrected chi connectivity index (χ0v) is 14.9. The summed E-state index contributed by atoms with van der Waals surface area (Å²) in [7, 11) is 0. The molecule has 4 N–H and O–H groups in total. The van der Waals surface area contributed by atoms with Crippen LogP contribution in [0.15, 0.2) is 46.9 Å². The number of carbonyl (C=O) groups is 2. The average Bonchev–Trinajstić information content (AvgIpc) is 3.25. The minimum absolute atomic E-state index is 0.249. The number of hydrogen-bond donors (Lipinski definition) is 3. The van der Waals surface area contributed by atoms with Crippen LogP contribution in [0.3, 0.4) is 0 Å². The van der Waals surface area contributed by atoms with E-state index in [1.54, 1.807) is 18.4 Å². The number of benzene rings is 1. The van der Waals surface area contributed by atoms with Crippen LogP contribution in [-0.2, 0) is 4.79 Å². The molecule has 2 amide bonds. The van der Waals surface area contributed by atoms with E-state index in [9.17, 15) is 9.59 Å². The minimum atomic E-state index is -0.571. The molecule has 9 heteroatoms. The molecule has 0 aliphatic carbocycles. The first-order valence-corrected chi connectivity index (χ1v) is 9.13. The Morgan fingerprint density at radius 1 is 1.28 bits per heavy atom. The number of anilines is 1. The van der Waals surface area contributed by atoms with Crippen molar-refractivity contribution in [3.05, 3.63) is 47.3 Å². The van der Waals surface area contributed by atoms with Gasteiger partial charge in [-0.15, -0.1) is 16.4 Å². The quantitative estimate of drug-likeness (QED) is 0.575. The smallest absolute Gasteiger partial charge is 0.251 e. The number of primary amides is 1. The lowest BCUT2D eigenvalue weighted by atomic mass is 10.2. The topological polar surface area (TPSA) is 114 Å². The highest BCUT2D eigenvalue weighted by molar-refractivity contribution is 8.00. The molecule has 1 aromatic carbocycles. The largest absolute Gasteiger partial charge is 0.366 e. The Balaban J connectivity index is 1.65. The van der Waals surface area contributed by atoms with Crippen molar-refractivity contribution in [3.8, 4) is 11.4 Å². The maximum atomic E-state index is 12.3. The van der Waals surface area contributed by atoms with Gasteiger partial charge in [-0.1, -0.05) is 42.1 Å². The van der Waals surface area contributed by atoms with E-state index in [2.05, 4.69) is 20.5 Å². The number of nitrogens with one attached hydrogen (secondary N) is 2. The van der Waals surface area contributed by atoms with Crippen molar-refractivity contribution in [2.24, 2.45) is 5.73 Å². The first-order chi connectivity index (χ1) is 12.0. The van der Waals surface area contributed by atoms with Gasteiger partial charge in [-0.3, -0.25) is 14.7 Å². The number of amides is 2. The first kappa shape index (κ1) is 17.2. The fourth-order valence-corrected chi connectivity index (χ4v) is 3.57. The van der Waals surface area contributed by atoms with Gasteiger partial charge in [0.25, 0.3) is 5.91 Å². The summed E-state index contributed by atoms with van der Waals surface area (Å²) >= 11 is 2.48. The van der Waals surface area contributed by atoms with Gasteiger partial charge in [-0.25, -0.2) is 4.98 Å². The van der Waals surface area contributed by atoms with Crippen molar-refractivity contribution in [1.82, 2.24) is 15.2 Å². The summed E-state index contributed by atoms with van der Waals surface area (Å²) < 4.78 is 0. The van der Waals surface area contributed by atoms with E-state index >= 15 is 0 Å². The molecule has 0 saturated carbocycles. The summed E-state index contributed by atoms with van der Waals surface area (Å²) in [5.41, 5.74) is 6.50. The molecule has 2 heterocycles. The van der Waals surface area contributed by atoms with Gasteiger partial charge in [0, 0.05) is 5.56 Å². The zero-order valence-electron chi connectivity index (χ0n) is 13.2. The van der Waals surface area contributed by atoms with E-state index < -0.39 is 11.2 Å². The van der Waals surface area contributed by atoms with Crippen LogP contribution in [0.4, 0.5) is 5.00 Å². The molecule has 3 rings (SSSR count). The molecule has 0 unspecified atom stereocenters. The zero-order chi connectivity index (χ0) is 17.8. The van der Waals surface area contributed by atoms with Crippen LogP contribution in [-0.4, -0.2) is 32.2 Å². The number of nitrogens with two attached hydrogens (primary N) is 1. The molecule has 7 nitrogen and oxygen atoms in total. The van der Waals surface area contributed by atoms with Gasteiger partial charge in [-0.05, 0) is 18.4 Å². The molecule has 128 valence electrons. The third kappa shape index (κ3) is 4.06. The number of nitrogens with zero attached hydrogens (tertiary/aromatic N) is 2. The summed E-state index contributed by atoms with van der Waals surface area (Å²) in [4.78, 5) is 28.0. The van der Waals surface area contributed by atoms with Gasteiger partial charge in [0.2, 0.25) is 11.1 Å². The average molecular weight is 373 g/mol. The maximum absolute atomic E-state index is 12.3. The van der Waals surface area contributed by atoms with Gasteiger partial charge >= 0.3 is 0 Å². The Morgan fingerprint density at radius 2 is 2.04 bits per heavy atom. The Labute approximate surface area is 152 Å². The van der Waals surface area contributed by atoms with Crippen LogP contribution in [0, 0.1) is 0 Å². The second kappa shape index (κ2) is 7.49. The molecule has 25 heavy (non-hydrogen) atoms. The lowest BCUT2D eigenvalue weighted by Crippen LogP contribution is -2.23. The summed E-state index contributed by atoms with van der Waals surface area (Å²) in [6.45, 7) is 1.75. The summed E-state index contributed by atoms with van der Waals surface area (Å²) in [5.74, 6) is -0.177. The molecule has 1 atom stereocenters. The number of thiophene rings is 1. The van der Waals surface area contributed by atoms with Crippen molar-refractivity contribution in [1.29, 1.82) is 0 Å². The van der Waals surface area contributed by atoms with Gasteiger partial charge in [0.1, 0.15) is 5.00 Å². The van der Waals surface area contributed by atoms with Crippen molar-refractivity contribution in [3.63, 3.8) is 0 Å². The van der Waals surface area contributed by atoms with Crippen molar-refractivity contribution in [2.45, 2.75) is 17.3 Å². The first-order valence-electron chi connectivity index (χ1n) is 7.37. The second-order valence-electron chi connectivity index (χ2n) is 5.11. The molecule has 0 radical (unpaired) electrons. The van der Waals surface area contributed by atoms with Crippen molar-refractivity contribution in [2.75, 3.05) is 5.32 Å². The molecule has 0 bridgehead atoms. The predicted octanol–water partition coefficient (Wildman–Crippen LogP) is 2.75. The van der Waals surface area contributed by atoms with Crippen LogP contribution in [0.25, 0.3) is 11.4 Å². The summed E-state index contributed by atoms with van der Waals surface area (Å²) in [6.07, 6.45) is 0. The number of thioether (sulfide) groups is 1. The molecule has 0 fully saturated rings. The van der Waals surface area contributed by atoms with Crippen LogP contribution < -0.4 is 11.1 Å². The van der Waals surface area contributed by atoms with Gasteiger partial charge in [0.05, 0.1) is 10.8 Å². The molecule has 2 aromatic heterocycles. The molecule has 0 saturated heterocycles. The third-order valence-electron chi connectivity index (χ3n) is 3.33. The number of aromatic nitrogens is 3. The Bertz CT molecular complexity index is 891. The SMILES string of the molecule is C[C@H](Sc1n[nH]c(-c2ccccc2)n1)C(=O)Nc1sccc1C(N)=O. The molecule has 0 aliphatic rings. The number of H-pyrrole nitrogens is 1. The Hall–Kier alpha value is -2.65. The van der Waals surface area contributed by atoms with Crippen LogP contribution in [0.1, 0.15) is 17.3 Å². The fourth-order valence-electron chi connectivity index (χ4n) is 2.05. The second-order valence-corrected chi connectivity index (χ2v) is 7.33. The number of aromatic amines is 1.